The fourth-order valence-corrected chi connectivity index (χ4v) is 4.65. The van der Waals surface area contributed by atoms with Crippen molar-refractivity contribution in [3.05, 3.63) is 65.7 Å². The van der Waals surface area contributed by atoms with E-state index in [0.29, 0.717) is 13.1 Å². The number of anilines is 1. The van der Waals surface area contributed by atoms with E-state index in [1.165, 1.54) is 0 Å². The molecule has 0 aliphatic carbocycles. The summed E-state index contributed by atoms with van der Waals surface area (Å²) in [5.41, 5.74) is 2.57. The Balaban J connectivity index is 1.57. The first-order chi connectivity index (χ1) is 14.0. The molecule has 2 aliphatic rings. The fraction of sp³-hybridized carbons (Fsp3) is 0.417. The summed E-state index contributed by atoms with van der Waals surface area (Å²) in [5, 5.41) is 0. The van der Waals surface area contributed by atoms with Gasteiger partial charge in [-0.2, -0.15) is 0 Å². The van der Waals surface area contributed by atoms with Crippen LogP contribution in [0.2, 0.25) is 0 Å². The van der Waals surface area contributed by atoms with Crippen LogP contribution in [0.15, 0.2) is 54.6 Å². The number of para-hydroxylation sites is 1. The zero-order valence-electron chi connectivity index (χ0n) is 17.3. The van der Waals surface area contributed by atoms with E-state index >= 15 is 0 Å². The minimum atomic E-state index is -0.529. The third-order valence-corrected chi connectivity index (χ3v) is 6.49. The number of benzene rings is 2. The van der Waals surface area contributed by atoms with E-state index in [4.69, 9.17) is 0 Å². The number of hydrogen-bond acceptors (Lipinski definition) is 3. The molecule has 2 aromatic rings. The second-order valence-corrected chi connectivity index (χ2v) is 8.31. The van der Waals surface area contributed by atoms with Gasteiger partial charge in [-0.05, 0) is 57.1 Å². The van der Waals surface area contributed by atoms with Gasteiger partial charge in [0, 0.05) is 18.8 Å². The Morgan fingerprint density at radius 2 is 1.55 bits per heavy atom. The average Bonchev–Trinajstić information content (AvgIpc) is 2.75. The maximum absolute atomic E-state index is 13.8. The van der Waals surface area contributed by atoms with Gasteiger partial charge in [0.2, 0.25) is 11.8 Å². The molecule has 0 aromatic heterocycles. The largest absolute Gasteiger partial charge is 0.331 e. The first kappa shape index (κ1) is 19.6. The van der Waals surface area contributed by atoms with Crippen molar-refractivity contribution in [3.8, 4) is 0 Å². The Morgan fingerprint density at radius 1 is 0.897 bits per heavy atom. The standard InChI is InChI=1S/C24H29N3O2/c1-19-8-6-7-11-21(19)27-17-16-26(18-22(27)28)23(29)24(12-14-25(2)15-13-24)20-9-4-3-5-10-20/h3-11H,12-18H2,1-2H3. The van der Waals surface area contributed by atoms with E-state index in [1.54, 1.807) is 4.90 Å². The van der Waals surface area contributed by atoms with Gasteiger partial charge in [0.25, 0.3) is 0 Å². The molecule has 2 heterocycles. The molecule has 5 heteroatoms. The first-order valence-corrected chi connectivity index (χ1v) is 10.4. The zero-order chi connectivity index (χ0) is 20.4. The van der Waals surface area contributed by atoms with E-state index in [-0.39, 0.29) is 18.4 Å². The molecule has 2 saturated heterocycles. The van der Waals surface area contributed by atoms with Crippen molar-refractivity contribution in [1.29, 1.82) is 0 Å². The third-order valence-electron chi connectivity index (χ3n) is 6.49. The second kappa shape index (κ2) is 7.99. The van der Waals surface area contributed by atoms with Gasteiger partial charge in [0.15, 0.2) is 0 Å². The number of piperazine rings is 1. The average molecular weight is 392 g/mol. The summed E-state index contributed by atoms with van der Waals surface area (Å²) >= 11 is 0. The van der Waals surface area contributed by atoms with Crippen LogP contribution in [0, 0.1) is 6.92 Å². The molecule has 0 spiro atoms. The highest BCUT2D eigenvalue weighted by molar-refractivity contribution is 6.00. The van der Waals surface area contributed by atoms with E-state index in [9.17, 15) is 9.59 Å². The van der Waals surface area contributed by atoms with Crippen molar-refractivity contribution in [2.45, 2.75) is 25.2 Å². The van der Waals surface area contributed by atoms with Gasteiger partial charge < -0.3 is 14.7 Å². The third kappa shape index (κ3) is 3.67. The minimum Gasteiger partial charge on any atom is -0.331 e. The normalized spacial score (nSPS) is 20.0. The number of rotatable bonds is 3. The molecular weight excluding hydrogens is 362 g/mol. The number of likely N-dealkylation sites (tertiary alicyclic amines) is 1. The molecular formula is C24H29N3O2. The number of piperidine rings is 1. The zero-order valence-corrected chi connectivity index (χ0v) is 17.3. The van der Waals surface area contributed by atoms with Crippen LogP contribution in [0.25, 0.3) is 0 Å². The Kier molecular flexibility index (Phi) is 5.41. The highest BCUT2D eigenvalue weighted by Gasteiger charge is 2.45. The molecule has 152 valence electrons. The SMILES string of the molecule is Cc1ccccc1N1CCN(C(=O)C2(c3ccccc3)CCN(C)CC2)CC1=O. The Hall–Kier alpha value is -2.66. The number of aryl methyl sites for hydroxylation is 1. The molecule has 0 unspecified atom stereocenters. The van der Waals surface area contributed by atoms with Crippen LogP contribution in [0.5, 0.6) is 0 Å². The smallest absolute Gasteiger partial charge is 0.246 e. The molecule has 5 nitrogen and oxygen atoms in total. The van der Waals surface area contributed by atoms with E-state index in [2.05, 4.69) is 24.1 Å². The summed E-state index contributed by atoms with van der Waals surface area (Å²) < 4.78 is 0. The fourth-order valence-electron chi connectivity index (χ4n) is 4.65. The lowest BCUT2D eigenvalue weighted by molar-refractivity contribution is -0.143. The van der Waals surface area contributed by atoms with Crippen molar-refractivity contribution >= 4 is 17.5 Å². The molecule has 0 saturated carbocycles. The van der Waals surface area contributed by atoms with E-state index in [0.717, 1.165) is 42.7 Å². The van der Waals surface area contributed by atoms with Gasteiger partial charge in [0.1, 0.15) is 6.54 Å². The van der Waals surface area contributed by atoms with Gasteiger partial charge in [-0.3, -0.25) is 9.59 Å². The van der Waals surface area contributed by atoms with Gasteiger partial charge in [-0.15, -0.1) is 0 Å². The van der Waals surface area contributed by atoms with Crippen LogP contribution in [-0.2, 0) is 15.0 Å². The van der Waals surface area contributed by atoms with Crippen LogP contribution in [0.3, 0.4) is 0 Å². The molecule has 2 amide bonds. The lowest BCUT2D eigenvalue weighted by Gasteiger charge is -2.44. The maximum atomic E-state index is 13.8. The van der Waals surface area contributed by atoms with Crippen molar-refractivity contribution in [1.82, 2.24) is 9.80 Å². The monoisotopic (exact) mass is 391 g/mol. The predicted molar refractivity (Wildman–Crippen MR) is 115 cm³/mol. The van der Waals surface area contributed by atoms with Gasteiger partial charge in [-0.1, -0.05) is 48.5 Å². The molecule has 29 heavy (non-hydrogen) atoms. The Bertz CT molecular complexity index is 888. The van der Waals surface area contributed by atoms with Crippen LogP contribution in [-0.4, -0.2) is 61.4 Å². The summed E-state index contributed by atoms with van der Waals surface area (Å²) in [6.45, 7) is 5.06. The minimum absolute atomic E-state index is 0.00459. The quantitative estimate of drug-likeness (QED) is 0.808. The van der Waals surface area contributed by atoms with Crippen molar-refractivity contribution in [2.24, 2.45) is 0 Å². The second-order valence-electron chi connectivity index (χ2n) is 8.31. The lowest BCUT2D eigenvalue weighted by atomic mass is 9.71. The molecule has 0 bridgehead atoms. The van der Waals surface area contributed by atoms with E-state index < -0.39 is 5.41 Å². The van der Waals surface area contributed by atoms with Crippen LogP contribution < -0.4 is 4.90 Å². The summed E-state index contributed by atoms with van der Waals surface area (Å²) in [6.07, 6.45) is 1.58. The lowest BCUT2D eigenvalue weighted by Crippen LogP contribution is -2.59. The summed E-state index contributed by atoms with van der Waals surface area (Å²) in [5.74, 6) is 0.102. The summed E-state index contributed by atoms with van der Waals surface area (Å²) in [6, 6.07) is 18.1. The first-order valence-electron chi connectivity index (χ1n) is 10.4. The number of carbonyl (C=O) groups excluding carboxylic acids is 2. The molecule has 0 radical (unpaired) electrons. The van der Waals surface area contributed by atoms with Crippen LogP contribution in [0.4, 0.5) is 5.69 Å². The molecule has 4 rings (SSSR count). The Labute approximate surface area is 172 Å². The number of nitrogens with zero attached hydrogens (tertiary/aromatic N) is 3. The molecule has 0 atom stereocenters. The maximum Gasteiger partial charge on any atom is 0.246 e. The summed E-state index contributed by atoms with van der Waals surface area (Å²) in [4.78, 5) is 32.6. The van der Waals surface area contributed by atoms with Crippen molar-refractivity contribution in [3.63, 3.8) is 0 Å². The topological polar surface area (TPSA) is 43.9 Å². The molecule has 2 fully saturated rings. The number of amides is 2. The van der Waals surface area contributed by atoms with Crippen LogP contribution in [0.1, 0.15) is 24.0 Å². The summed E-state index contributed by atoms with van der Waals surface area (Å²) in [7, 11) is 2.10. The molecule has 2 aliphatic heterocycles. The predicted octanol–water partition coefficient (Wildman–Crippen LogP) is 2.83. The van der Waals surface area contributed by atoms with E-state index in [1.807, 2.05) is 54.3 Å². The van der Waals surface area contributed by atoms with Gasteiger partial charge in [-0.25, -0.2) is 0 Å². The highest BCUT2D eigenvalue weighted by atomic mass is 16.2. The number of carbonyl (C=O) groups is 2. The highest BCUT2D eigenvalue weighted by Crippen LogP contribution is 2.37. The Morgan fingerprint density at radius 3 is 2.21 bits per heavy atom. The van der Waals surface area contributed by atoms with Gasteiger partial charge >= 0.3 is 0 Å². The molecule has 0 N–H and O–H groups in total. The van der Waals surface area contributed by atoms with Gasteiger partial charge in [0.05, 0.1) is 5.41 Å². The number of hydrogen-bond donors (Lipinski definition) is 0. The van der Waals surface area contributed by atoms with Crippen molar-refractivity contribution < 1.29 is 9.59 Å². The molecule has 2 aromatic carbocycles. The van der Waals surface area contributed by atoms with Crippen molar-refractivity contribution in [2.75, 3.05) is 44.7 Å². The van der Waals surface area contributed by atoms with Crippen LogP contribution >= 0.6 is 0 Å².